The highest BCUT2D eigenvalue weighted by Gasteiger charge is 2.22. The van der Waals surface area contributed by atoms with Gasteiger partial charge in [0.2, 0.25) is 0 Å². The molecule has 1 saturated heterocycles. The van der Waals surface area contributed by atoms with E-state index in [-0.39, 0.29) is 0 Å². The molecule has 0 unspecified atom stereocenters. The van der Waals surface area contributed by atoms with Gasteiger partial charge in [0.05, 0.1) is 6.54 Å². The predicted molar refractivity (Wildman–Crippen MR) is 78.6 cm³/mol. The highest BCUT2D eigenvalue weighted by atomic mass is 16.5. The number of hydrogen-bond donors (Lipinski definition) is 1. The smallest absolute Gasteiger partial charge is 0.118 e. The maximum absolute atomic E-state index is 5.87. The van der Waals surface area contributed by atoms with E-state index in [4.69, 9.17) is 9.15 Å². The van der Waals surface area contributed by atoms with E-state index in [0.29, 0.717) is 6.04 Å². The zero-order valence-corrected chi connectivity index (χ0v) is 12.7. The Kier molecular flexibility index (Phi) is 4.44. The Hall–Kier alpha value is -0.840. The van der Waals surface area contributed by atoms with Crippen molar-refractivity contribution in [1.29, 1.82) is 0 Å². The van der Waals surface area contributed by atoms with Gasteiger partial charge in [-0.25, -0.2) is 0 Å². The molecule has 20 heavy (non-hydrogen) atoms. The molecule has 1 aliphatic carbocycles. The van der Waals surface area contributed by atoms with Crippen LogP contribution < -0.4 is 5.32 Å². The van der Waals surface area contributed by atoms with Gasteiger partial charge in [-0.15, -0.1) is 0 Å². The fourth-order valence-electron chi connectivity index (χ4n) is 2.89. The molecule has 1 N–H and O–H groups in total. The highest BCUT2D eigenvalue weighted by molar-refractivity contribution is 5.21. The first-order valence-corrected chi connectivity index (χ1v) is 7.82. The minimum Gasteiger partial charge on any atom is -0.465 e. The van der Waals surface area contributed by atoms with E-state index in [0.717, 1.165) is 56.7 Å². The van der Waals surface area contributed by atoms with Gasteiger partial charge in [-0.3, -0.25) is 4.90 Å². The van der Waals surface area contributed by atoms with Crippen LogP contribution in [0.25, 0.3) is 0 Å². The summed E-state index contributed by atoms with van der Waals surface area (Å²) in [5.41, 5.74) is 1.33. The quantitative estimate of drug-likeness (QED) is 0.867. The predicted octanol–water partition coefficient (Wildman–Crippen LogP) is 2.45. The van der Waals surface area contributed by atoms with Crippen LogP contribution in [0.15, 0.2) is 10.5 Å². The Morgan fingerprint density at radius 2 is 2.00 bits per heavy atom. The zero-order chi connectivity index (χ0) is 13.9. The lowest BCUT2D eigenvalue weighted by molar-refractivity contribution is 0.0406. The number of nitrogens with one attached hydrogen (secondary N) is 1. The number of rotatable bonds is 6. The maximum Gasteiger partial charge on any atom is 0.118 e. The fourth-order valence-corrected chi connectivity index (χ4v) is 2.89. The number of hydrogen-bond acceptors (Lipinski definition) is 4. The molecule has 2 aliphatic rings. The second-order valence-corrected chi connectivity index (χ2v) is 6.21. The van der Waals surface area contributed by atoms with Gasteiger partial charge in [-0.1, -0.05) is 0 Å². The third-order valence-electron chi connectivity index (χ3n) is 4.45. The standard InChI is InChI=1S/C16H26N2O2/c1-12-13(9-16(20-12)10-17-14-3-4-14)11-18(2)15-5-7-19-8-6-15/h9,14-15,17H,3-8,10-11H2,1-2H3. The largest absolute Gasteiger partial charge is 0.465 e. The van der Waals surface area contributed by atoms with E-state index in [1.807, 2.05) is 0 Å². The van der Waals surface area contributed by atoms with Gasteiger partial charge in [0.1, 0.15) is 11.5 Å². The average Bonchev–Trinajstić information content (AvgIpc) is 3.23. The van der Waals surface area contributed by atoms with Crippen molar-refractivity contribution >= 4 is 0 Å². The molecule has 112 valence electrons. The van der Waals surface area contributed by atoms with Gasteiger partial charge in [-0.2, -0.15) is 0 Å². The zero-order valence-electron chi connectivity index (χ0n) is 12.7. The van der Waals surface area contributed by atoms with Gasteiger partial charge < -0.3 is 14.5 Å². The lowest BCUT2D eigenvalue weighted by atomic mass is 10.1. The number of furan rings is 1. The van der Waals surface area contributed by atoms with E-state index in [2.05, 4.69) is 30.3 Å². The number of aryl methyl sites for hydroxylation is 1. The SMILES string of the molecule is Cc1oc(CNC2CC2)cc1CN(C)C1CCOCC1. The van der Waals surface area contributed by atoms with Crippen LogP contribution in [0, 0.1) is 6.92 Å². The number of nitrogens with zero attached hydrogens (tertiary/aromatic N) is 1. The lowest BCUT2D eigenvalue weighted by Gasteiger charge is -2.30. The molecule has 0 atom stereocenters. The molecule has 0 radical (unpaired) electrons. The first-order chi connectivity index (χ1) is 9.72. The van der Waals surface area contributed by atoms with E-state index in [1.165, 1.54) is 18.4 Å². The van der Waals surface area contributed by atoms with E-state index >= 15 is 0 Å². The molecule has 0 amide bonds. The average molecular weight is 278 g/mol. The third kappa shape index (κ3) is 3.62. The molecule has 1 saturated carbocycles. The van der Waals surface area contributed by atoms with Crippen molar-refractivity contribution in [3.63, 3.8) is 0 Å². The van der Waals surface area contributed by atoms with Gasteiger partial charge in [0.25, 0.3) is 0 Å². The Balaban J connectivity index is 1.55. The third-order valence-corrected chi connectivity index (χ3v) is 4.45. The minimum atomic E-state index is 0.645. The fraction of sp³-hybridized carbons (Fsp3) is 0.750. The Morgan fingerprint density at radius 3 is 2.70 bits per heavy atom. The summed E-state index contributed by atoms with van der Waals surface area (Å²) in [6, 6.07) is 3.60. The van der Waals surface area contributed by atoms with Crippen LogP contribution in [0.2, 0.25) is 0 Å². The highest BCUT2D eigenvalue weighted by Crippen LogP contribution is 2.22. The molecule has 0 spiro atoms. The topological polar surface area (TPSA) is 37.6 Å². The van der Waals surface area contributed by atoms with Crippen LogP contribution in [-0.4, -0.2) is 37.2 Å². The minimum absolute atomic E-state index is 0.645. The Morgan fingerprint density at radius 1 is 1.25 bits per heavy atom. The van der Waals surface area contributed by atoms with Gasteiger partial charge in [0, 0.05) is 37.4 Å². The maximum atomic E-state index is 5.87. The molecule has 1 aliphatic heterocycles. The van der Waals surface area contributed by atoms with Crippen LogP contribution in [0.1, 0.15) is 42.8 Å². The monoisotopic (exact) mass is 278 g/mol. The molecule has 2 heterocycles. The summed E-state index contributed by atoms with van der Waals surface area (Å²) in [4.78, 5) is 2.44. The first kappa shape index (κ1) is 14.1. The van der Waals surface area contributed by atoms with Crippen molar-refractivity contribution in [1.82, 2.24) is 10.2 Å². The molecule has 2 fully saturated rings. The van der Waals surface area contributed by atoms with Crippen LogP contribution in [0.4, 0.5) is 0 Å². The van der Waals surface area contributed by atoms with Crippen LogP contribution in [-0.2, 0) is 17.8 Å². The first-order valence-electron chi connectivity index (χ1n) is 7.82. The molecule has 3 rings (SSSR count). The molecule has 0 aromatic carbocycles. The second-order valence-electron chi connectivity index (χ2n) is 6.21. The summed E-state index contributed by atoms with van der Waals surface area (Å²) in [7, 11) is 2.21. The van der Waals surface area contributed by atoms with Crippen LogP contribution in [0.3, 0.4) is 0 Å². The number of ether oxygens (including phenoxy) is 1. The lowest BCUT2D eigenvalue weighted by Crippen LogP contribution is -2.36. The molecule has 1 aromatic rings. The normalized spacial score (nSPS) is 20.8. The van der Waals surface area contributed by atoms with Gasteiger partial charge in [-0.05, 0) is 45.7 Å². The summed E-state index contributed by atoms with van der Waals surface area (Å²) >= 11 is 0. The van der Waals surface area contributed by atoms with Crippen molar-refractivity contribution in [2.75, 3.05) is 20.3 Å². The Bertz CT molecular complexity index is 434. The molecular weight excluding hydrogens is 252 g/mol. The summed E-state index contributed by atoms with van der Waals surface area (Å²) < 4.78 is 11.3. The molecule has 4 heteroatoms. The van der Waals surface area contributed by atoms with E-state index in [9.17, 15) is 0 Å². The van der Waals surface area contributed by atoms with Crippen molar-refractivity contribution in [2.45, 2.75) is 57.8 Å². The second kappa shape index (κ2) is 6.29. The summed E-state index contributed by atoms with van der Waals surface area (Å²) in [5.74, 6) is 2.14. The van der Waals surface area contributed by atoms with Gasteiger partial charge in [0.15, 0.2) is 0 Å². The summed E-state index contributed by atoms with van der Waals surface area (Å²) in [6.45, 7) is 5.72. The summed E-state index contributed by atoms with van der Waals surface area (Å²) in [5, 5.41) is 3.51. The van der Waals surface area contributed by atoms with Gasteiger partial charge >= 0.3 is 0 Å². The Labute approximate surface area is 121 Å². The molecule has 1 aromatic heterocycles. The van der Waals surface area contributed by atoms with Crippen LogP contribution >= 0.6 is 0 Å². The van der Waals surface area contributed by atoms with Crippen LogP contribution in [0.5, 0.6) is 0 Å². The molecule has 0 bridgehead atoms. The van der Waals surface area contributed by atoms with Crippen molar-refractivity contribution in [3.05, 3.63) is 23.2 Å². The van der Waals surface area contributed by atoms with Crippen molar-refractivity contribution in [2.24, 2.45) is 0 Å². The van der Waals surface area contributed by atoms with E-state index in [1.54, 1.807) is 0 Å². The molecule has 4 nitrogen and oxygen atoms in total. The summed E-state index contributed by atoms with van der Waals surface area (Å²) in [6.07, 6.45) is 4.92. The van der Waals surface area contributed by atoms with E-state index < -0.39 is 0 Å². The molecular formula is C16H26N2O2. The van der Waals surface area contributed by atoms with Crippen molar-refractivity contribution < 1.29 is 9.15 Å². The van der Waals surface area contributed by atoms with Crippen molar-refractivity contribution in [3.8, 4) is 0 Å².